The van der Waals surface area contributed by atoms with Gasteiger partial charge in [-0.15, -0.1) is 11.3 Å². The van der Waals surface area contributed by atoms with Crippen LogP contribution >= 0.6 is 27.3 Å². The number of aromatic hydroxyl groups is 1. The standard InChI is InChI=1S/C23H19BrFN3O3S/c1-2-31-23(30)16(11-14-5-3-4-6-17(14)29)28-21-18-19(24)20(32-22(18)27-12-26-21)13-7-9-15(25)10-8-13/h3-10,12,16,29H,2,11H2,1H3,(H,26,27,28)/t16-/m1/s1. The molecule has 4 aromatic rings. The van der Waals surface area contributed by atoms with Gasteiger partial charge in [-0.05, 0) is 52.2 Å². The van der Waals surface area contributed by atoms with E-state index in [2.05, 4.69) is 31.2 Å². The zero-order valence-corrected chi connectivity index (χ0v) is 19.4. The first-order valence-electron chi connectivity index (χ1n) is 9.87. The molecule has 0 saturated carbocycles. The summed E-state index contributed by atoms with van der Waals surface area (Å²) in [4.78, 5) is 23.0. The number of phenols is 1. The Bertz CT molecular complexity index is 1260. The zero-order chi connectivity index (χ0) is 22.7. The molecule has 0 aliphatic rings. The van der Waals surface area contributed by atoms with Crippen LogP contribution in [0.15, 0.2) is 59.3 Å². The monoisotopic (exact) mass is 515 g/mol. The van der Waals surface area contributed by atoms with Gasteiger partial charge < -0.3 is 15.2 Å². The Morgan fingerprint density at radius 3 is 2.69 bits per heavy atom. The molecule has 2 aromatic carbocycles. The number of esters is 1. The van der Waals surface area contributed by atoms with E-state index >= 15 is 0 Å². The van der Waals surface area contributed by atoms with Crippen LogP contribution in [-0.4, -0.2) is 33.7 Å². The molecular formula is C23H19BrFN3O3S. The van der Waals surface area contributed by atoms with Crippen molar-refractivity contribution < 1.29 is 19.0 Å². The smallest absolute Gasteiger partial charge is 0.328 e. The molecule has 32 heavy (non-hydrogen) atoms. The maximum atomic E-state index is 13.4. The molecule has 0 spiro atoms. The zero-order valence-electron chi connectivity index (χ0n) is 17.0. The maximum Gasteiger partial charge on any atom is 0.328 e. The number of fused-ring (bicyclic) bond motifs is 1. The fraction of sp³-hybridized carbons (Fsp3) is 0.174. The number of carbonyl (C=O) groups is 1. The number of anilines is 1. The molecule has 4 rings (SSSR count). The van der Waals surface area contributed by atoms with Crippen molar-refractivity contribution in [2.45, 2.75) is 19.4 Å². The molecule has 0 aliphatic heterocycles. The van der Waals surface area contributed by atoms with Crippen molar-refractivity contribution in [3.05, 3.63) is 70.7 Å². The van der Waals surface area contributed by atoms with Crippen molar-refractivity contribution in [3.8, 4) is 16.2 Å². The number of aromatic nitrogens is 2. The highest BCUT2D eigenvalue weighted by Crippen LogP contribution is 2.43. The van der Waals surface area contributed by atoms with Crippen molar-refractivity contribution in [2.75, 3.05) is 11.9 Å². The van der Waals surface area contributed by atoms with Gasteiger partial charge in [0.15, 0.2) is 0 Å². The van der Waals surface area contributed by atoms with Gasteiger partial charge in [-0.2, -0.15) is 0 Å². The third kappa shape index (κ3) is 4.58. The molecule has 0 saturated heterocycles. The SMILES string of the molecule is CCOC(=O)[C@@H](Cc1ccccc1O)Nc1ncnc2sc(-c3ccc(F)cc3)c(Br)c12. The highest BCUT2D eigenvalue weighted by molar-refractivity contribution is 9.10. The first-order valence-corrected chi connectivity index (χ1v) is 11.5. The quantitative estimate of drug-likeness (QED) is 0.314. The second-order valence-electron chi connectivity index (χ2n) is 6.94. The number of rotatable bonds is 7. The molecule has 0 bridgehead atoms. The van der Waals surface area contributed by atoms with Gasteiger partial charge in [-0.25, -0.2) is 19.2 Å². The summed E-state index contributed by atoms with van der Waals surface area (Å²) >= 11 is 5.07. The van der Waals surface area contributed by atoms with Crippen LogP contribution in [0.3, 0.4) is 0 Å². The Labute approximate surface area is 196 Å². The number of benzene rings is 2. The van der Waals surface area contributed by atoms with E-state index in [0.717, 1.165) is 14.9 Å². The normalized spacial score (nSPS) is 12.0. The van der Waals surface area contributed by atoms with Crippen LogP contribution in [0, 0.1) is 5.82 Å². The van der Waals surface area contributed by atoms with Crippen molar-refractivity contribution >= 4 is 49.3 Å². The van der Waals surface area contributed by atoms with Crippen LogP contribution in [0.4, 0.5) is 10.2 Å². The summed E-state index contributed by atoms with van der Waals surface area (Å²) in [7, 11) is 0. The molecule has 6 nitrogen and oxygen atoms in total. The summed E-state index contributed by atoms with van der Waals surface area (Å²) in [6.07, 6.45) is 1.63. The molecule has 9 heteroatoms. The lowest BCUT2D eigenvalue weighted by Crippen LogP contribution is -2.34. The number of para-hydroxylation sites is 1. The Kier molecular flexibility index (Phi) is 6.66. The third-order valence-corrected chi connectivity index (χ3v) is 7.04. The summed E-state index contributed by atoms with van der Waals surface area (Å²) in [6, 6.07) is 12.3. The fourth-order valence-corrected chi connectivity index (χ4v) is 5.32. The molecule has 0 aliphatic carbocycles. The molecular weight excluding hydrogens is 497 g/mol. The Morgan fingerprint density at radius 1 is 1.22 bits per heavy atom. The van der Waals surface area contributed by atoms with Crippen molar-refractivity contribution in [1.82, 2.24) is 9.97 Å². The largest absolute Gasteiger partial charge is 0.508 e. The fourth-order valence-electron chi connectivity index (χ4n) is 3.30. The molecule has 164 valence electrons. The van der Waals surface area contributed by atoms with Crippen molar-refractivity contribution in [3.63, 3.8) is 0 Å². The molecule has 0 unspecified atom stereocenters. The summed E-state index contributed by atoms with van der Waals surface area (Å²) in [6.45, 7) is 1.97. The summed E-state index contributed by atoms with van der Waals surface area (Å²) in [5, 5.41) is 14.1. The average Bonchev–Trinajstić information content (AvgIpc) is 3.13. The van der Waals surface area contributed by atoms with E-state index < -0.39 is 12.0 Å². The predicted octanol–water partition coefficient (Wildman–Crippen LogP) is 5.55. The lowest BCUT2D eigenvalue weighted by molar-refractivity contribution is -0.144. The Hall–Kier alpha value is -3.04. The van der Waals surface area contributed by atoms with E-state index in [1.807, 2.05) is 0 Å². The number of ether oxygens (including phenoxy) is 1. The number of thiophene rings is 1. The van der Waals surface area contributed by atoms with Crippen LogP contribution in [-0.2, 0) is 16.0 Å². The Morgan fingerprint density at radius 2 is 1.97 bits per heavy atom. The minimum Gasteiger partial charge on any atom is -0.508 e. The first kappa shape index (κ1) is 22.2. The lowest BCUT2D eigenvalue weighted by Gasteiger charge is -2.19. The van der Waals surface area contributed by atoms with E-state index in [-0.39, 0.29) is 24.6 Å². The average molecular weight is 516 g/mol. The Balaban J connectivity index is 1.72. The van der Waals surface area contributed by atoms with Gasteiger partial charge in [0.25, 0.3) is 0 Å². The van der Waals surface area contributed by atoms with Gasteiger partial charge in [-0.1, -0.05) is 30.3 Å². The minimum absolute atomic E-state index is 0.103. The van der Waals surface area contributed by atoms with Gasteiger partial charge >= 0.3 is 5.97 Å². The molecule has 2 N–H and O–H groups in total. The van der Waals surface area contributed by atoms with Crippen LogP contribution in [0.1, 0.15) is 12.5 Å². The van der Waals surface area contributed by atoms with Crippen LogP contribution in [0.2, 0.25) is 0 Å². The number of carbonyl (C=O) groups excluding carboxylic acids is 1. The number of halogens is 2. The summed E-state index contributed by atoms with van der Waals surface area (Å²) < 4.78 is 19.4. The number of hydrogen-bond donors (Lipinski definition) is 2. The predicted molar refractivity (Wildman–Crippen MR) is 126 cm³/mol. The van der Waals surface area contributed by atoms with Gasteiger partial charge in [-0.3, -0.25) is 0 Å². The second-order valence-corrected chi connectivity index (χ2v) is 8.73. The van der Waals surface area contributed by atoms with E-state index in [4.69, 9.17) is 4.74 Å². The number of nitrogens with one attached hydrogen (secondary N) is 1. The van der Waals surface area contributed by atoms with Crippen molar-refractivity contribution in [1.29, 1.82) is 0 Å². The third-order valence-electron chi connectivity index (χ3n) is 4.83. The van der Waals surface area contributed by atoms with Crippen molar-refractivity contribution in [2.24, 2.45) is 0 Å². The first-order chi connectivity index (χ1) is 15.5. The molecule has 2 heterocycles. The number of hydrogen-bond acceptors (Lipinski definition) is 7. The van der Waals surface area contributed by atoms with E-state index in [1.165, 1.54) is 29.8 Å². The second kappa shape index (κ2) is 9.62. The van der Waals surface area contributed by atoms with E-state index in [9.17, 15) is 14.3 Å². The van der Waals surface area contributed by atoms with E-state index in [0.29, 0.717) is 21.6 Å². The molecule has 0 radical (unpaired) electrons. The maximum absolute atomic E-state index is 13.4. The van der Waals surface area contributed by atoms with Gasteiger partial charge in [0, 0.05) is 10.9 Å². The van der Waals surface area contributed by atoms with E-state index in [1.54, 1.807) is 43.3 Å². The summed E-state index contributed by atoms with van der Waals surface area (Å²) in [5.74, 6) is -0.200. The highest BCUT2D eigenvalue weighted by Gasteiger charge is 2.25. The highest BCUT2D eigenvalue weighted by atomic mass is 79.9. The molecule has 0 fully saturated rings. The number of phenolic OH excluding ortho intramolecular Hbond substituents is 1. The topological polar surface area (TPSA) is 84.3 Å². The van der Waals surface area contributed by atoms with Crippen LogP contribution in [0.25, 0.3) is 20.7 Å². The lowest BCUT2D eigenvalue weighted by atomic mass is 10.0. The summed E-state index contributed by atoms with van der Waals surface area (Å²) in [5.41, 5.74) is 1.45. The molecule has 1 atom stereocenters. The van der Waals surface area contributed by atoms with Gasteiger partial charge in [0.1, 0.15) is 34.6 Å². The van der Waals surface area contributed by atoms with Gasteiger partial charge in [0.2, 0.25) is 0 Å². The molecule has 2 aromatic heterocycles. The van der Waals surface area contributed by atoms with Gasteiger partial charge in [0.05, 0.1) is 16.9 Å². The minimum atomic E-state index is -0.776. The van der Waals surface area contributed by atoms with Crippen LogP contribution in [0.5, 0.6) is 5.75 Å². The van der Waals surface area contributed by atoms with Crippen LogP contribution < -0.4 is 5.32 Å². The molecule has 0 amide bonds. The number of nitrogens with zero attached hydrogens (tertiary/aromatic N) is 2.